The van der Waals surface area contributed by atoms with E-state index in [1.54, 1.807) is 0 Å². The molecule has 0 aromatic rings. The molecule has 2 heterocycles. The van der Waals surface area contributed by atoms with Gasteiger partial charge >= 0.3 is 11.9 Å². The first-order valence-corrected chi connectivity index (χ1v) is 11.0. The monoisotopic (exact) mass is 398 g/mol. The van der Waals surface area contributed by atoms with E-state index in [2.05, 4.69) is 27.7 Å². The fraction of sp³-hybridized carbons (Fsp3) is 0.909. The van der Waals surface area contributed by atoms with Gasteiger partial charge in [-0.25, -0.2) is 0 Å². The fourth-order valence-corrected chi connectivity index (χ4v) is 3.28. The molecule has 0 aromatic heterocycles. The summed E-state index contributed by atoms with van der Waals surface area (Å²) in [6, 6.07) is 0. The van der Waals surface area contributed by atoms with Crippen molar-refractivity contribution in [1.29, 1.82) is 0 Å². The third-order valence-corrected chi connectivity index (χ3v) is 5.63. The number of hydrogen-bond acceptors (Lipinski definition) is 6. The molecule has 0 bridgehead atoms. The van der Waals surface area contributed by atoms with Crippen molar-refractivity contribution >= 4 is 11.9 Å². The first-order valence-electron chi connectivity index (χ1n) is 11.0. The highest BCUT2D eigenvalue weighted by atomic mass is 16.6. The standard InChI is InChI=1S/C22H38O6/c1-15(9-11-19-17(3)27-19)13-25-21(23)7-5-6-8-22(24)26-14-16(2)10-12-20-18(4)28-20/h15-20H,5-14H2,1-4H3. The Labute approximate surface area is 169 Å². The highest BCUT2D eigenvalue weighted by molar-refractivity contribution is 5.70. The molecule has 6 nitrogen and oxygen atoms in total. The average Bonchev–Trinajstić information content (AvgIpc) is 3.56. The van der Waals surface area contributed by atoms with Crippen LogP contribution in [0.5, 0.6) is 0 Å². The molecule has 0 radical (unpaired) electrons. The number of hydrogen-bond donors (Lipinski definition) is 0. The Kier molecular flexibility index (Phi) is 9.72. The normalized spacial score (nSPS) is 27.7. The topological polar surface area (TPSA) is 77.7 Å². The fourth-order valence-electron chi connectivity index (χ4n) is 3.28. The molecule has 0 aromatic carbocycles. The zero-order chi connectivity index (χ0) is 20.5. The minimum Gasteiger partial charge on any atom is -0.465 e. The van der Waals surface area contributed by atoms with Crippen LogP contribution >= 0.6 is 0 Å². The van der Waals surface area contributed by atoms with Crippen molar-refractivity contribution in [2.75, 3.05) is 13.2 Å². The smallest absolute Gasteiger partial charge is 0.305 e. The minimum absolute atomic E-state index is 0.179. The molecule has 0 saturated carbocycles. The molecule has 2 saturated heterocycles. The summed E-state index contributed by atoms with van der Waals surface area (Å²) in [6.07, 6.45) is 7.72. The summed E-state index contributed by atoms with van der Waals surface area (Å²) in [5.74, 6) is 0.349. The number of epoxide rings is 2. The van der Waals surface area contributed by atoms with E-state index < -0.39 is 0 Å². The van der Waals surface area contributed by atoms with Crippen LogP contribution in [0, 0.1) is 11.8 Å². The zero-order valence-electron chi connectivity index (χ0n) is 18.0. The summed E-state index contributed by atoms with van der Waals surface area (Å²) in [7, 11) is 0. The molecule has 28 heavy (non-hydrogen) atoms. The van der Waals surface area contributed by atoms with Gasteiger partial charge in [-0.1, -0.05) is 13.8 Å². The van der Waals surface area contributed by atoms with Gasteiger partial charge in [-0.2, -0.15) is 0 Å². The highest BCUT2D eigenvalue weighted by Crippen LogP contribution is 2.28. The lowest BCUT2D eigenvalue weighted by Gasteiger charge is -2.12. The van der Waals surface area contributed by atoms with Crippen molar-refractivity contribution in [3.8, 4) is 0 Å². The molecule has 6 heteroatoms. The number of carbonyl (C=O) groups is 2. The number of unbranched alkanes of at least 4 members (excludes halogenated alkanes) is 1. The summed E-state index contributed by atoms with van der Waals surface area (Å²) in [5.41, 5.74) is 0. The second-order valence-electron chi connectivity index (χ2n) is 8.70. The summed E-state index contributed by atoms with van der Waals surface area (Å²) in [6.45, 7) is 9.27. The van der Waals surface area contributed by atoms with E-state index in [-0.39, 0.29) is 11.9 Å². The van der Waals surface area contributed by atoms with Crippen LogP contribution in [0.1, 0.15) is 79.1 Å². The van der Waals surface area contributed by atoms with E-state index in [9.17, 15) is 9.59 Å². The summed E-state index contributed by atoms with van der Waals surface area (Å²) in [5, 5.41) is 0. The molecule has 2 aliphatic heterocycles. The van der Waals surface area contributed by atoms with E-state index in [1.165, 1.54) is 0 Å². The van der Waals surface area contributed by atoms with Gasteiger partial charge in [0.1, 0.15) is 0 Å². The molecule has 2 fully saturated rings. The third-order valence-electron chi connectivity index (χ3n) is 5.63. The first-order chi connectivity index (χ1) is 13.3. The van der Waals surface area contributed by atoms with Crippen LogP contribution in [0.4, 0.5) is 0 Å². The number of carbonyl (C=O) groups excluding carboxylic acids is 2. The van der Waals surface area contributed by atoms with Gasteiger partial charge in [0.05, 0.1) is 37.6 Å². The van der Waals surface area contributed by atoms with Crippen LogP contribution in [-0.2, 0) is 28.5 Å². The molecule has 0 amide bonds. The SMILES string of the molecule is CC(CCC1OC1C)COC(=O)CCCCC(=O)OCC(C)CCC1OC1C. The third kappa shape index (κ3) is 9.87. The number of ether oxygens (including phenoxy) is 4. The van der Waals surface area contributed by atoms with Gasteiger partial charge < -0.3 is 18.9 Å². The minimum atomic E-state index is -0.179. The molecular weight excluding hydrogens is 360 g/mol. The first kappa shape index (κ1) is 23.1. The largest absolute Gasteiger partial charge is 0.465 e. The van der Waals surface area contributed by atoms with Crippen LogP contribution in [-0.4, -0.2) is 49.6 Å². The summed E-state index contributed by atoms with van der Waals surface area (Å²) >= 11 is 0. The van der Waals surface area contributed by atoms with Gasteiger partial charge in [-0.05, 0) is 64.2 Å². The second-order valence-corrected chi connectivity index (χ2v) is 8.70. The Balaban J connectivity index is 1.38. The Hall–Kier alpha value is -1.14. The lowest BCUT2D eigenvalue weighted by Crippen LogP contribution is -2.14. The number of rotatable bonds is 15. The van der Waals surface area contributed by atoms with E-state index in [4.69, 9.17) is 18.9 Å². The van der Waals surface area contributed by atoms with Gasteiger partial charge in [0.2, 0.25) is 0 Å². The van der Waals surface area contributed by atoms with Crippen molar-refractivity contribution < 1.29 is 28.5 Å². The average molecular weight is 399 g/mol. The molecule has 0 aliphatic carbocycles. The molecular formula is C22H38O6. The van der Waals surface area contributed by atoms with Gasteiger partial charge in [0.15, 0.2) is 0 Å². The van der Waals surface area contributed by atoms with E-state index in [0.717, 1.165) is 25.7 Å². The lowest BCUT2D eigenvalue weighted by molar-refractivity contribution is -0.147. The second kappa shape index (κ2) is 11.8. The van der Waals surface area contributed by atoms with Gasteiger partial charge in [-0.3, -0.25) is 9.59 Å². The van der Waals surface area contributed by atoms with E-state index in [1.807, 2.05) is 0 Å². The van der Waals surface area contributed by atoms with Gasteiger partial charge in [-0.15, -0.1) is 0 Å². The molecule has 0 N–H and O–H groups in total. The van der Waals surface area contributed by atoms with Gasteiger partial charge in [0.25, 0.3) is 0 Å². The predicted octanol–water partition coefficient (Wildman–Crippen LogP) is 4.04. The Morgan fingerprint density at radius 1 is 0.786 bits per heavy atom. The van der Waals surface area contributed by atoms with Crippen molar-refractivity contribution in [3.05, 3.63) is 0 Å². The maximum atomic E-state index is 11.8. The quantitative estimate of drug-likeness (QED) is 0.235. The molecule has 2 aliphatic rings. The molecule has 6 unspecified atom stereocenters. The van der Waals surface area contributed by atoms with Crippen molar-refractivity contribution in [2.45, 2.75) is 103 Å². The maximum absolute atomic E-state index is 11.8. The molecule has 162 valence electrons. The maximum Gasteiger partial charge on any atom is 0.305 e. The highest BCUT2D eigenvalue weighted by Gasteiger charge is 2.34. The Morgan fingerprint density at radius 3 is 1.46 bits per heavy atom. The Bertz CT molecular complexity index is 449. The van der Waals surface area contributed by atoms with E-state index >= 15 is 0 Å². The molecule has 2 rings (SSSR count). The van der Waals surface area contributed by atoms with Crippen molar-refractivity contribution in [2.24, 2.45) is 11.8 Å². The summed E-state index contributed by atoms with van der Waals surface area (Å²) < 4.78 is 21.4. The van der Waals surface area contributed by atoms with Crippen LogP contribution in [0.2, 0.25) is 0 Å². The van der Waals surface area contributed by atoms with Crippen LogP contribution < -0.4 is 0 Å². The Morgan fingerprint density at radius 2 is 1.14 bits per heavy atom. The van der Waals surface area contributed by atoms with Crippen molar-refractivity contribution in [3.63, 3.8) is 0 Å². The van der Waals surface area contributed by atoms with Crippen LogP contribution in [0.15, 0.2) is 0 Å². The van der Waals surface area contributed by atoms with Gasteiger partial charge in [0, 0.05) is 12.8 Å². The lowest BCUT2D eigenvalue weighted by atomic mass is 10.0. The van der Waals surface area contributed by atoms with Crippen LogP contribution in [0.3, 0.4) is 0 Å². The molecule has 6 atom stereocenters. The predicted molar refractivity (Wildman–Crippen MR) is 106 cm³/mol. The zero-order valence-corrected chi connectivity index (χ0v) is 18.0. The summed E-state index contributed by atoms with van der Waals surface area (Å²) in [4.78, 5) is 23.6. The molecule has 0 spiro atoms. The van der Waals surface area contributed by atoms with Crippen LogP contribution in [0.25, 0.3) is 0 Å². The van der Waals surface area contributed by atoms with Crippen molar-refractivity contribution in [1.82, 2.24) is 0 Å². The number of esters is 2. The van der Waals surface area contributed by atoms with E-state index in [0.29, 0.717) is 75.1 Å².